The minimum atomic E-state index is -1.22. The Morgan fingerprint density at radius 1 is 1.38 bits per heavy atom. The molecule has 2 aromatic rings. The number of nitrogens with zero attached hydrogens (tertiary/aromatic N) is 2. The number of hydrogen-bond acceptors (Lipinski definition) is 4. The second-order valence-corrected chi connectivity index (χ2v) is 15.3. The highest BCUT2D eigenvalue weighted by Gasteiger charge is 2.27. The van der Waals surface area contributed by atoms with Gasteiger partial charge in [-0.15, -0.1) is 0 Å². The highest BCUT2D eigenvalue weighted by molar-refractivity contribution is 6.76. The number of amides is 1. The van der Waals surface area contributed by atoms with E-state index in [0.717, 1.165) is 28.3 Å². The molecular formula is C24H32FN3O3Si. The number of carbonyl (C=O) groups excluding carboxylic acids is 1. The van der Waals surface area contributed by atoms with E-state index in [-0.39, 0.29) is 11.7 Å². The first-order valence-corrected chi connectivity index (χ1v) is 14.7. The Labute approximate surface area is 189 Å². The molecule has 0 bridgehead atoms. The molecule has 8 heteroatoms. The summed E-state index contributed by atoms with van der Waals surface area (Å²) >= 11 is 0. The van der Waals surface area contributed by atoms with Gasteiger partial charge in [0, 0.05) is 37.7 Å². The lowest BCUT2D eigenvalue weighted by Gasteiger charge is -2.23. The first-order valence-electron chi connectivity index (χ1n) is 11.0. The summed E-state index contributed by atoms with van der Waals surface area (Å²) in [6, 6.07) is 4.50. The minimum Gasteiger partial charge on any atom is -0.446 e. The summed E-state index contributed by atoms with van der Waals surface area (Å²) in [7, 11) is -1.22. The van der Waals surface area contributed by atoms with Gasteiger partial charge in [0.1, 0.15) is 24.7 Å². The largest absolute Gasteiger partial charge is 0.446 e. The maximum Gasteiger partial charge on any atom is 0.404 e. The van der Waals surface area contributed by atoms with Crippen LogP contribution >= 0.6 is 0 Å². The molecule has 2 N–H and O–H groups in total. The van der Waals surface area contributed by atoms with Crippen LogP contribution in [0.1, 0.15) is 41.6 Å². The third kappa shape index (κ3) is 5.05. The third-order valence-electron chi connectivity index (χ3n) is 6.11. The molecule has 1 aliphatic rings. The fraction of sp³-hybridized carbons (Fsp3) is 0.500. The molecule has 6 nitrogen and oxygen atoms in total. The summed E-state index contributed by atoms with van der Waals surface area (Å²) in [5.41, 5.74) is 9.26. The first-order chi connectivity index (χ1) is 15.0. The van der Waals surface area contributed by atoms with Crippen molar-refractivity contribution in [1.82, 2.24) is 4.57 Å². The summed E-state index contributed by atoms with van der Waals surface area (Å²) in [6.45, 7) is 11.8. The lowest BCUT2D eigenvalue weighted by molar-refractivity contribution is 0.0889. The van der Waals surface area contributed by atoms with Crippen LogP contribution in [0.2, 0.25) is 25.7 Å². The van der Waals surface area contributed by atoms with Gasteiger partial charge in [0.25, 0.3) is 0 Å². The van der Waals surface area contributed by atoms with Crippen LogP contribution in [0.15, 0.2) is 12.1 Å². The Kier molecular flexibility index (Phi) is 7.11. The second-order valence-electron chi connectivity index (χ2n) is 9.67. The van der Waals surface area contributed by atoms with Crippen LogP contribution in [0, 0.1) is 31.0 Å². The maximum absolute atomic E-state index is 15.3. The van der Waals surface area contributed by atoms with Gasteiger partial charge in [-0.2, -0.15) is 5.26 Å². The SMILES string of the molecule is Cc1c(C)n(COCC[Si](C)(C)C)c2c(C#N)cc(F)c(C3=CCC[C@H](OC(N)=O)C3)c12. The summed E-state index contributed by atoms with van der Waals surface area (Å²) < 4.78 is 28.5. The quantitative estimate of drug-likeness (QED) is 0.432. The highest BCUT2D eigenvalue weighted by atomic mass is 28.3. The van der Waals surface area contributed by atoms with Crippen molar-refractivity contribution in [1.29, 1.82) is 5.26 Å². The van der Waals surface area contributed by atoms with E-state index < -0.39 is 20.0 Å². The number of halogens is 1. The summed E-state index contributed by atoms with van der Waals surface area (Å²) in [5, 5.41) is 10.5. The van der Waals surface area contributed by atoms with Gasteiger partial charge >= 0.3 is 6.09 Å². The van der Waals surface area contributed by atoms with Crippen molar-refractivity contribution in [2.45, 2.75) is 71.6 Å². The van der Waals surface area contributed by atoms with E-state index >= 15 is 4.39 Å². The van der Waals surface area contributed by atoms with Crippen molar-refractivity contribution >= 4 is 30.6 Å². The van der Waals surface area contributed by atoms with Crippen molar-refractivity contribution in [3.05, 3.63) is 40.3 Å². The van der Waals surface area contributed by atoms with Gasteiger partial charge in [0.15, 0.2) is 0 Å². The van der Waals surface area contributed by atoms with Crippen LogP contribution in [0.5, 0.6) is 0 Å². The van der Waals surface area contributed by atoms with Crippen molar-refractivity contribution in [2.75, 3.05) is 6.61 Å². The molecule has 0 radical (unpaired) electrons. The van der Waals surface area contributed by atoms with Gasteiger partial charge in [0.2, 0.25) is 0 Å². The molecule has 1 amide bonds. The molecule has 0 unspecified atom stereocenters. The number of rotatable bonds is 7. The van der Waals surface area contributed by atoms with E-state index in [2.05, 4.69) is 25.7 Å². The fourth-order valence-electron chi connectivity index (χ4n) is 4.27. The number of benzene rings is 1. The van der Waals surface area contributed by atoms with E-state index in [1.165, 1.54) is 6.07 Å². The van der Waals surface area contributed by atoms with E-state index in [4.69, 9.17) is 15.2 Å². The van der Waals surface area contributed by atoms with Gasteiger partial charge in [-0.3, -0.25) is 0 Å². The number of aryl methyl sites for hydroxylation is 1. The number of hydrogen-bond donors (Lipinski definition) is 1. The van der Waals surface area contributed by atoms with Crippen LogP contribution in [0.4, 0.5) is 9.18 Å². The number of ether oxygens (including phenoxy) is 2. The molecule has 3 rings (SSSR count). The van der Waals surface area contributed by atoms with Gasteiger partial charge in [-0.25, -0.2) is 9.18 Å². The smallest absolute Gasteiger partial charge is 0.404 e. The molecule has 0 aliphatic heterocycles. The van der Waals surface area contributed by atoms with Gasteiger partial charge in [-0.1, -0.05) is 25.7 Å². The Morgan fingerprint density at radius 3 is 2.72 bits per heavy atom. The van der Waals surface area contributed by atoms with Crippen LogP contribution in [-0.2, 0) is 16.2 Å². The van der Waals surface area contributed by atoms with E-state index in [9.17, 15) is 10.1 Å². The monoisotopic (exact) mass is 457 g/mol. The Balaban J connectivity index is 2.06. The molecule has 1 aliphatic carbocycles. The van der Waals surface area contributed by atoms with Crippen molar-refractivity contribution in [3.8, 4) is 6.07 Å². The van der Waals surface area contributed by atoms with E-state index in [1.807, 2.05) is 24.5 Å². The zero-order valence-corrected chi connectivity index (χ0v) is 20.5. The Hall–Kier alpha value is -2.63. The molecule has 1 aromatic heterocycles. The Bertz CT molecular complexity index is 1110. The average Bonchev–Trinajstić information content (AvgIpc) is 2.94. The number of nitriles is 1. The molecular weight excluding hydrogens is 425 g/mol. The zero-order chi connectivity index (χ0) is 23.6. The molecule has 1 atom stereocenters. The lowest BCUT2D eigenvalue weighted by Crippen LogP contribution is -2.24. The van der Waals surface area contributed by atoms with Crippen molar-refractivity contribution in [3.63, 3.8) is 0 Å². The normalized spacial score (nSPS) is 16.7. The molecule has 1 aromatic carbocycles. The van der Waals surface area contributed by atoms with Crippen LogP contribution in [0.25, 0.3) is 16.5 Å². The van der Waals surface area contributed by atoms with E-state index in [0.29, 0.717) is 43.7 Å². The number of primary amides is 1. The van der Waals surface area contributed by atoms with E-state index in [1.54, 1.807) is 0 Å². The van der Waals surface area contributed by atoms with Crippen LogP contribution in [0.3, 0.4) is 0 Å². The van der Waals surface area contributed by atoms with Crippen LogP contribution in [-0.4, -0.2) is 31.4 Å². The van der Waals surface area contributed by atoms with Crippen LogP contribution < -0.4 is 5.73 Å². The predicted molar refractivity (Wildman–Crippen MR) is 126 cm³/mol. The van der Waals surface area contributed by atoms with Gasteiger partial charge < -0.3 is 19.8 Å². The number of allylic oxidation sites excluding steroid dienone is 1. The Morgan fingerprint density at radius 2 is 2.09 bits per heavy atom. The fourth-order valence-corrected chi connectivity index (χ4v) is 5.03. The minimum absolute atomic E-state index is 0.285. The number of fused-ring (bicyclic) bond motifs is 1. The number of aromatic nitrogens is 1. The van der Waals surface area contributed by atoms with Crippen molar-refractivity contribution in [2.24, 2.45) is 5.73 Å². The second kappa shape index (κ2) is 9.47. The topological polar surface area (TPSA) is 90.3 Å². The first kappa shape index (κ1) is 24.0. The van der Waals surface area contributed by atoms with Crippen molar-refractivity contribution < 1.29 is 18.7 Å². The molecule has 0 spiro atoms. The average molecular weight is 458 g/mol. The molecule has 32 heavy (non-hydrogen) atoms. The zero-order valence-electron chi connectivity index (χ0n) is 19.5. The number of nitrogens with two attached hydrogens (primary N) is 1. The summed E-state index contributed by atoms with van der Waals surface area (Å²) in [5.74, 6) is -0.445. The molecule has 0 saturated carbocycles. The van der Waals surface area contributed by atoms with Gasteiger partial charge in [0.05, 0.1) is 11.1 Å². The lowest BCUT2D eigenvalue weighted by atomic mass is 9.88. The standard InChI is InChI=1S/C24H32FN3O3Si/c1-15-16(2)28(14-30-9-10-32(3,4)5)23-18(13-26)12-20(25)22(21(15)23)17-7-6-8-19(11-17)31-24(27)29/h7,12,19H,6,8-11,14H2,1-5H3,(H2,27,29)/t19-/m0/s1. The number of carbonyl (C=O) groups is 1. The summed E-state index contributed by atoms with van der Waals surface area (Å²) in [6.07, 6.45) is 2.48. The molecule has 172 valence electrons. The molecule has 0 saturated heterocycles. The molecule has 0 fully saturated rings. The van der Waals surface area contributed by atoms with Gasteiger partial charge in [-0.05, 0) is 49.9 Å². The highest BCUT2D eigenvalue weighted by Crippen LogP contribution is 2.39. The third-order valence-corrected chi connectivity index (χ3v) is 7.82. The maximum atomic E-state index is 15.3. The molecule has 1 heterocycles. The summed E-state index contributed by atoms with van der Waals surface area (Å²) in [4.78, 5) is 11.2. The predicted octanol–water partition coefficient (Wildman–Crippen LogP) is 5.61.